The van der Waals surface area contributed by atoms with Crippen LogP contribution in [0.5, 0.6) is 0 Å². The molecule has 0 unspecified atom stereocenters. The third-order valence-electron chi connectivity index (χ3n) is 2.69. The van der Waals surface area contributed by atoms with Crippen molar-refractivity contribution < 1.29 is 4.39 Å². The predicted octanol–water partition coefficient (Wildman–Crippen LogP) is 4.70. The number of nitriles is 1. The molecule has 1 aromatic heterocycles. The van der Waals surface area contributed by atoms with Crippen LogP contribution >= 0.6 is 22.9 Å². The lowest BCUT2D eigenvalue weighted by atomic mass is 10.2. The number of benzene rings is 2. The lowest BCUT2D eigenvalue weighted by Gasteiger charge is -2.02. The molecule has 0 aliphatic rings. The maximum Gasteiger partial charge on any atom is 0.188 e. The van der Waals surface area contributed by atoms with Gasteiger partial charge in [-0.2, -0.15) is 5.26 Å². The van der Waals surface area contributed by atoms with Gasteiger partial charge in [-0.25, -0.2) is 9.37 Å². The van der Waals surface area contributed by atoms with Gasteiger partial charge in [-0.15, -0.1) is 0 Å². The summed E-state index contributed by atoms with van der Waals surface area (Å²) in [7, 11) is 0. The molecule has 0 saturated carbocycles. The van der Waals surface area contributed by atoms with Gasteiger partial charge in [0.1, 0.15) is 11.9 Å². The van der Waals surface area contributed by atoms with Gasteiger partial charge in [-0.3, -0.25) is 0 Å². The average Bonchev–Trinajstić information content (AvgIpc) is 2.82. The Balaban J connectivity index is 1.95. The predicted molar refractivity (Wildman–Crippen MR) is 79.0 cm³/mol. The van der Waals surface area contributed by atoms with E-state index in [-0.39, 0.29) is 5.56 Å². The average molecular weight is 304 g/mol. The van der Waals surface area contributed by atoms with Crippen molar-refractivity contribution >= 4 is 44.0 Å². The summed E-state index contributed by atoms with van der Waals surface area (Å²) in [6, 6.07) is 11.5. The van der Waals surface area contributed by atoms with Gasteiger partial charge in [0.25, 0.3) is 0 Å². The van der Waals surface area contributed by atoms with Crippen LogP contribution in [0.15, 0.2) is 36.4 Å². The number of hydrogen-bond donors (Lipinski definition) is 1. The van der Waals surface area contributed by atoms with Crippen LogP contribution < -0.4 is 5.32 Å². The van der Waals surface area contributed by atoms with E-state index in [0.29, 0.717) is 15.8 Å². The Morgan fingerprint density at radius 2 is 2.10 bits per heavy atom. The van der Waals surface area contributed by atoms with Crippen molar-refractivity contribution in [3.8, 4) is 6.07 Å². The molecule has 0 saturated heterocycles. The molecule has 3 aromatic rings. The summed E-state index contributed by atoms with van der Waals surface area (Å²) < 4.78 is 14.2. The number of rotatable bonds is 2. The molecular formula is C14H7ClFN3S. The van der Waals surface area contributed by atoms with E-state index in [1.165, 1.54) is 23.5 Å². The maximum absolute atomic E-state index is 13.2. The fourth-order valence-electron chi connectivity index (χ4n) is 1.76. The summed E-state index contributed by atoms with van der Waals surface area (Å²) in [6.07, 6.45) is 0. The number of hydrogen-bond acceptors (Lipinski definition) is 4. The van der Waals surface area contributed by atoms with E-state index >= 15 is 0 Å². The van der Waals surface area contributed by atoms with Crippen LogP contribution in [-0.2, 0) is 0 Å². The van der Waals surface area contributed by atoms with E-state index < -0.39 is 5.82 Å². The Morgan fingerprint density at radius 3 is 2.90 bits per heavy atom. The number of anilines is 2. The van der Waals surface area contributed by atoms with Crippen molar-refractivity contribution in [2.75, 3.05) is 5.32 Å². The number of thiazole rings is 1. The second-order valence-electron chi connectivity index (χ2n) is 4.06. The van der Waals surface area contributed by atoms with Crippen LogP contribution in [-0.4, -0.2) is 4.98 Å². The smallest absolute Gasteiger partial charge is 0.188 e. The number of fused-ring (bicyclic) bond motifs is 1. The standard InChI is InChI=1S/C14H7ClFN3S/c15-9-1-4-12-13(6-9)20-14(19-12)18-10-2-3-11(16)8(5-10)7-17/h1-6H,(H,18,19). The number of nitrogens with zero attached hydrogens (tertiary/aromatic N) is 2. The van der Waals surface area contributed by atoms with Crippen molar-refractivity contribution in [1.82, 2.24) is 4.98 Å². The SMILES string of the molecule is N#Cc1cc(Nc2nc3ccc(Cl)cc3s2)ccc1F. The van der Waals surface area contributed by atoms with Crippen molar-refractivity contribution in [3.63, 3.8) is 0 Å². The highest BCUT2D eigenvalue weighted by Crippen LogP contribution is 2.30. The minimum atomic E-state index is -0.533. The van der Waals surface area contributed by atoms with Crippen molar-refractivity contribution in [2.24, 2.45) is 0 Å². The number of halogens is 2. The highest BCUT2D eigenvalue weighted by atomic mass is 35.5. The molecule has 2 aromatic carbocycles. The van der Waals surface area contributed by atoms with E-state index in [1.54, 1.807) is 18.2 Å². The summed E-state index contributed by atoms with van der Waals surface area (Å²) in [5.41, 5.74) is 1.46. The van der Waals surface area contributed by atoms with Gasteiger partial charge in [-0.05, 0) is 36.4 Å². The second kappa shape index (κ2) is 5.08. The minimum Gasteiger partial charge on any atom is -0.331 e. The van der Waals surface area contributed by atoms with Gasteiger partial charge in [-0.1, -0.05) is 22.9 Å². The molecule has 0 spiro atoms. The van der Waals surface area contributed by atoms with Crippen LogP contribution in [0.4, 0.5) is 15.2 Å². The molecule has 0 bridgehead atoms. The maximum atomic E-state index is 13.2. The van der Waals surface area contributed by atoms with Gasteiger partial charge in [0.05, 0.1) is 15.8 Å². The van der Waals surface area contributed by atoms with E-state index in [4.69, 9.17) is 16.9 Å². The first-order valence-corrected chi connectivity index (χ1v) is 6.88. The van der Waals surface area contributed by atoms with E-state index in [2.05, 4.69) is 10.3 Å². The Bertz CT molecular complexity index is 838. The third-order valence-corrected chi connectivity index (χ3v) is 3.86. The zero-order chi connectivity index (χ0) is 14.1. The lowest BCUT2D eigenvalue weighted by molar-refractivity contribution is 0.624. The molecule has 3 rings (SSSR count). The summed E-state index contributed by atoms with van der Waals surface area (Å²) >= 11 is 7.37. The quantitative estimate of drug-likeness (QED) is 0.746. The summed E-state index contributed by atoms with van der Waals surface area (Å²) in [5, 5.41) is 13.2. The number of aromatic nitrogens is 1. The van der Waals surface area contributed by atoms with Crippen molar-refractivity contribution in [1.29, 1.82) is 5.26 Å². The van der Waals surface area contributed by atoms with Crippen LogP contribution in [0, 0.1) is 17.1 Å². The van der Waals surface area contributed by atoms with Gasteiger partial charge >= 0.3 is 0 Å². The summed E-state index contributed by atoms with van der Waals surface area (Å²) in [5.74, 6) is -0.533. The summed E-state index contributed by atoms with van der Waals surface area (Å²) in [4.78, 5) is 4.40. The van der Waals surface area contributed by atoms with Crippen LogP contribution in [0.25, 0.3) is 10.2 Å². The molecule has 1 heterocycles. The zero-order valence-electron chi connectivity index (χ0n) is 10.0. The van der Waals surface area contributed by atoms with Crippen LogP contribution in [0.1, 0.15) is 5.56 Å². The van der Waals surface area contributed by atoms with Gasteiger partial charge in [0, 0.05) is 10.7 Å². The van der Waals surface area contributed by atoms with Gasteiger partial charge < -0.3 is 5.32 Å². The Labute approximate surface area is 123 Å². The van der Waals surface area contributed by atoms with Crippen LogP contribution in [0.2, 0.25) is 5.02 Å². The van der Waals surface area contributed by atoms with E-state index in [0.717, 1.165) is 10.2 Å². The van der Waals surface area contributed by atoms with E-state index in [9.17, 15) is 4.39 Å². The fraction of sp³-hybridized carbons (Fsp3) is 0. The molecular weight excluding hydrogens is 297 g/mol. The first-order chi connectivity index (χ1) is 9.65. The third kappa shape index (κ3) is 2.44. The molecule has 0 radical (unpaired) electrons. The monoisotopic (exact) mass is 303 g/mol. The highest BCUT2D eigenvalue weighted by molar-refractivity contribution is 7.22. The number of nitrogens with one attached hydrogen (secondary N) is 1. The molecule has 3 nitrogen and oxygen atoms in total. The first-order valence-electron chi connectivity index (χ1n) is 5.68. The first kappa shape index (κ1) is 12.9. The molecule has 0 fully saturated rings. The molecule has 0 aliphatic heterocycles. The van der Waals surface area contributed by atoms with Crippen molar-refractivity contribution in [3.05, 3.63) is 52.8 Å². The zero-order valence-corrected chi connectivity index (χ0v) is 11.6. The Kier molecular flexibility index (Phi) is 3.26. The normalized spacial score (nSPS) is 10.4. The molecule has 6 heteroatoms. The fourth-order valence-corrected chi connectivity index (χ4v) is 2.93. The molecule has 0 atom stereocenters. The Hall–Kier alpha value is -2.16. The molecule has 20 heavy (non-hydrogen) atoms. The molecule has 98 valence electrons. The lowest BCUT2D eigenvalue weighted by Crippen LogP contribution is -1.91. The second-order valence-corrected chi connectivity index (χ2v) is 5.53. The van der Waals surface area contributed by atoms with Gasteiger partial charge in [0.2, 0.25) is 0 Å². The van der Waals surface area contributed by atoms with Crippen LogP contribution in [0.3, 0.4) is 0 Å². The molecule has 1 N–H and O–H groups in total. The van der Waals surface area contributed by atoms with Gasteiger partial charge in [0.15, 0.2) is 5.13 Å². The molecule has 0 aliphatic carbocycles. The highest BCUT2D eigenvalue weighted by Gasteiger charge is 2.07. The van der Waals surface area contributed by atoms with Crippen molar-refractivity contribution in [2.45, 2.75) is 0 Å². The summed E-state index contributed by atoms with van der Waals surface area (Å²) in [6.45, 7) is 0. The minimum absolute atomic E-state index is 0.000782. The Morgan fingerprint density at radius 1 is 1.25 bits per heavy atom. The molecule has 0 amide bonds. The largest absolute Gasteiger partial charge is 0.331 e. The topological polar surface area (TPSA) is 48.7 Å². The van der Waals surface area contributed by atoms with E-state index in [1.807, 2.05) is 12.1 Å².